The number of halogens is 4. The summed E-state index contributed by atoms with van der Waals surface area (Å²) in [5, 5.41) is 10.1. The molecule has 0 unspecified atom stereocenters. The summed E-state index contributed by atoms with van der Waals surface area (Å²) in [5.41, 5.74) is -0.939. The van der Waals surface area contributed by atoms with E-state index in [9.17, 15) is 13.2 Å². The van der Waals surface area contributed by atoms with Gasteiger partial charge in [0, 0.05) is 24.0 Å². The van der Waals surface area contributed by atoms with Crippen molar-refractivity contribution in [2.24, 2.45) is 0 Å². The molecule has 0 spiro atoms. The van der Waals surface area contributed by atoms with Gasteiger partial charge in [-0.05, 0) is 50.6 Å². The first kappa shape index (κ1) is 17.7. The molecule has 2 rings (SSSR count). The summed E-state index contributed by atoms with van der Waals surface area (Å²) in [5.74, 6) is 0. The van der Waals surface area contributed by atoms with Crippen molar-refractivity contribution in [3.05, 3.63) is 28.9 Å². The highest BCUT2D eigenvalue weighted by Crippen LogP contribution is 2.29. The summed E-state index contributed by atoms with van der Waals surface area (Å²) >= 11 is 5.57. The van der Waals surface area contributed by atoms with Crippen molar-refractivity contribution in [1.29, 1.82) is 5.41 Å². The molecule has 0 saturated carbocycles. The number of piperidine rings is 1. The predicted molar refractivity (Wildman–Crippen MR) is 82.5 cm³/mol. The molecule has 126 valence electrons. The van der Waals surface area contributed by atoms with Crippen LogP contribution >= 0.6 is 11.6 Å². The third-order valence-corrected chi connectivity index (χ3v) is 3.80. The van der Waals surface area contributed by atoms with Gasteiger partial charge in [0.2, 0.25) is 5.28 Å². The number of likely N-dealkylation sites (tertiary alicyclic amines) is 1. The molecule has 1 fully saturated rings. The molecule has 0 aliphatic carbocycles. The van der Waals surface area contributed by atoms with E-state index in [1.54, 1.807) is 0 Å². The summed E-state index contributed by atoms with van der Waals surface area (Å²) in [6.45, 7) is 1.89. The normalized spacial score (nSPS) is 18.0. The molecule has 1 aliphatic heterocycles. The minimum atomic E-state index is -4.62. The summed E-state index contributed by atoms with van der Waals surface area (Å²) in [6, 6.07) is 1.01. The molecule has 1 aromatic heterocycles. The quantitative estimate of drug-likeness (QED) is 0.649. The number of aromatic nitrogens is 2. The number of hydrogen-bond acceptors (Lipinski definition) is 5. The maximum atomic E-state index is 12.8. The van der Waals surface area contributed by atoms with Crippen molar-refractivity contribution in [3.8, 4) is 0 Å². The van der Waals surface area contributed by atoms with E-state index in [1.165, 1.54) is 6.20 Å². The van der Waals surface area contributed by atoms with Gasteiger partial charge in [0.05, 0.1) is 5.69 Å². The number of hydrogen-bond donors (Lipinski definition) is 2. The molecule has 0 atom stereocenters. The lowest BCUT2D eigenvalue weighted by molar-refractivity contribution is -0.141. The van der Waals surface area contributed by atoms with Crippen molar-refractivity contribution in [1.82, 2.24) is 20.2 Å². The Hall–Kier alpha value is -1.67. The Balaban J connectivity index is 2.18. The average Bonchev–Trinajstić information content (AvgIpc) is 2.48. The van der Waals surface area contributed by atoms with Crippen LogP contribution in [0.4, 0.5) is 13.2 Å². The van der Waals surface area contributed by atoms with Crippen LogP contribution in [0.1, 0.15) is 24.2 Å². The van der Waals surface area contributed by atoms with Crippen LogP contribution in [0.2, 0.25) is 5.28 Å². The minimum Gasteiger partial charge on any atom is -0.387 e. The highest BCUT2D eigenvalue weighted by molar-refractivity contribution is 6.28. The van der Waals surface area contributed by atoms with Gasteiger partial charge >= 0.3 is 6.18 Å². The molecular weight excluding hydrogens is 331 g/mol. The van der Waals surface area contributed by atoms with Crippen molar-refractivity contribution < 1.29 is 13.2 Å². The third-order valence-electron chi connectivity index (χ3n) is 3.63. The Kier molecular flexibility index (Phi) is 5.59. The van der Waals surface area contributed by atoms with Gasteiger partial charge in [0.25, 0.3) is 0 Å². The summed E-state index contributed by atoms with van der Waals surface area (Å²) in [4.78, 5) is 9.17. The molecule has 23 heavy (non-hydrogen) atoms. The van der Waals surface area contributed by atoms with Crippen molar-refractivity contribution in [3.63, 3.8) is 0 Å². The molecule has 0 amide bonds. The Labute approximate surface area is 137 Å². The summed E-state index contributed by atoms with van der Waals surface area (Å²) in [6.07, 6.45) is -0.300. The molecule has 0 radical (unpaired) electrons. The van der Waals surface area contributed by atoms with Gasteiger partial charge in [-0.25, -0.2) is 9.97 Å². The SMILES string of the molecule is CN1CCC(N/C=C(\C=N)c2cc(C(F)(F)F)nc(Cl)n2)CC1. The number of nitrogens with one attached hydrogen (secondary N) is 2. The zero-order chi connectivity index (χ0) is 17.0. The fourth-order valence-corrected chi connectivity index (χ4v) is 2.47. The highest BCUT2D eigenvalue weighted by atomic mass is 35.5. The van der Waals surface area contributed by atoms with Crippen LogP contribution in [-0.2, 0) is 6.18 Å². The first-order chi connectivity index (χ1) is 10.8. The lowest BCUT2D eigenvalue weighted by Gasteiger charge is -2.29. The maximum absolute atomic E-state index is 12.8. The van der Waals surface area contributed by atoms with Crippen LogP contribution in [-0.4, -0.2) is 47.3 Å². The standard InChI is InChI=1S/C14H17ClF3N5/c1-23-4-2-10(3-5-23)20-8-9(7-19)11-6-12(14(16,17)18)22-13(15)21-11/h6-8,10,19-20H,2-5H2,1H3/b9-8+,19-7?. The van der Waals surface area contributed by atoms with E-state index >= 15 is 0 Å². The van der Waals surface area contributed by atoms with E-state index in [4.69, 9.17) is 17.0 Å². The first-order valence-corrected chi connectivity index (χ1v) is 7.45. The Morgan fingerprint density at radius 1 is 1.39 bits per heavy atom. The van der Waals surface area contributed by atoms with Gasteiger partial charge < -0.3 is 15.6 Å². The fourth-order valence-electron chi connectivity index (χ4n) is 2.28. The zero-order valence-corrected chi connectivity index (χ0v) is 13.2. The minimum absolute atomic E-state index is 0.0345. The molecule has 5 nitrogen and oxygen atoms in total. The van der Waals surface area contributed by atoms with Gasteiger partial charge in [0.1, 0.15) is 5.69 Å². The van der Waals surface area contributed by atoms with Crippen LogP contribution in [0, 0.1) is 5.41 Å². The Morgan fingerprint density at radius 2 is 2.04 bits per heavy atom. The lowest BCUT2D eigenvalue weighted by atomic mass is 10.1. The second-order valence-electron chi connectivity index (χ2n) is 5.39. The van der Waals surface area contributed by atoms with Crippen LogP contribution in [0.3, 0.4) is 0 Å². The molecule has 2 N–H and O–H groups in total. The zero-order valence-electron chi connectivity index (χ0n) is 12.5. The molecule has 1 aliphatic rings. The predicted octanol–water partition coefficient (Wildman–Crippen LogP) is 2.82. The number of nitrogens with zero attached hydrogens (tertiary/aromatic N) is 3. The maximum Gasteiger partial charge on any atom is 0.433 e. The van der Waals surface area contributed by atoms with E-state index in [0.717, 1.165) is 38.2 Å². The first-order valence-electron chi connectivity index (χ1n) is 7.07. The molecule has 1 saturated heterocycles. The van der Waals surface area contributed by atoms with E-state index in [2.05, 4.69) is 20.2 Å². The molecule has 2 heterocycles. The second-order valence-corrected chi connectivity index (χ2v) is 5.73. The summed E-state index contributed by atoms with van der Waals surface area (Å²) < 4.78 is 38.3. The largest absolute Gasteiger partial charge is 0.433 e. The van der Waals surface area contributed by atoms with E-state index in [1.807, 2.05) is 7.05 Å². The van der Waals surface area contributed by atoms with Crippen LogP contribution in [0.25, 0.3) is 5.57 Å². The molecule has 0 bridgehead atoms. The van der Waals surface area contributed by atoms with Gasteiger partial charge in [-0.2, -0.15) is 13.2 Å². The van der Waals surface area contributed by atoms with Gasteiger partial charge in [-0.3, -0.25) is 0 Å². The molecule has 9 heteroatoms. The number of alkyl halides is 3. The molecular formula is C14H17ClF3N5. The highest BCUT2D eigenvalue weighted by Gasteiger charge is 2.33. The van der Waals surface area contributed by atoms with Crippen LogP contribution in [0.15, 0.2) is 12.3 Å². The topological polar surface area (TPSA) is 64.9 Å². The van der Waals surface area contributed by atoms with E-state index in [-0.39, 0.29) is 17.3 Å². The van der Waals surface area contributed by atoms with Crippen LogP contribution < -0.4 is 5.32 Å². The van der Waals surface area contributed by atoms with Crippen molar-refractivity contribution in [2.45, 2.75) is 25.1 Å². The third kappa shape index (κ3) is 4.90. The van der Waals surface area contributed by atoms with E-state index in [0.29, 0.717) is 0 Å². The summed E-state index contributed by atoms with van der Waals surface area (Å²) in [7, 11) is 2.04. The number of rotatable bonds is 4. The van der Waals surface area contributed by atoms with Gasteiger partial charge in [-0.15, -0.1) is 0 Å². The Morgan fingerprint density at radius 3 is 2.61 bits per heavy atom. The van der Waals surface area contributed by atoms with Gasteiger partial charge in [-0.1, -0.05) is 0 Å². The van der Waals surface area contributed by atoms with Gasteiger partial charge in [0.15, 0.2) is 0 Å². The number of allylic oxidation sites excluding steroid dienone is 1. The fraction of sp³-hybridized carbons (Fsp3) is 0.500. The van der Waals surface area contributed by atoms with Crippen molar-refractivity contribution >= 4 is 23.4 Å². The Bertz CT molecular complexity index is 595. The van der Waals surface area contributed by atoms with Crippen LogP contribution in [0.5, 0.6) is 0 Å². The molecule has 1 aromatic rings. The average molecular weight is 348 g/mol. The smallest absolute Gasteiger partial charge is 0.387 e. The molecule has 0 aromatic carbocycles. The van der Waals surface area contributed by atoms with Crippen molar-refractivity contribution in [2.75, 3.05) is 20.1 Å². The monoisotopic (exact) mass is 347 g/mol. The lowest BCUT2D eigenvalue weighted by Crippen LogP contribution is -2.38. The van der Waals surface area contributed by atoms with E-state index < -0.39 is 17.2 Å². The second kappa shape index (κ2) is 7.27.